The van der Waals surface area contributed by atoms with Gasteiger partial charge in [-0.3, -0.25) is 14.5 Å². The number of halogens is 1. The molecule has 3 N–H and O–H groups in total. The van der Waals surface area contributed by atoms with Crippen molar-refractivity contribution in [2.75, 3.05) is 32.8 Å². The van der Waals surface area contributed by atoms with E-state index in [4.69, 9.17) is 5.11 Å². The van der Waals surface area contributed by atoms with E-state index in [2.05, 4.69) is 10.6 Å². The van der Waals surface area contributed by atoms with Gasteiger partial charge < -0.3 is 15.7 Å². The maximum atomic E-state index is 13.5. The Bertz CT molecular complexity index is 560. The summed E-state index contributed by atoms with van der Waals surface area (Å²) in [6, 6.07) is 6.36. The van der Waals surface area contributed by atoms with Crippen LogP contribution in [0.3, 0.4) is 0 Å². The minimum atomic E-state index is -0.326. The van der Waals surface area contributed by atoms with Gasteiger partial charge >= 0.3 is 0 Å². The van der Waals surface area contributed by atoms with Gasteiger partial charge in [-0.25, -0.2) is 4.39 Å². The Kier molecular flexibility index (Phi) is 7.14. The molecule has 0 atom stereocenters. The number of nitrogens with one attached hydrogen (secondary N) is 2. The Balaban J connectivity index is 1.69. The Morgan fingerprint density at radius 2 is 1.92 bits per heavy atom. The molecule has 1 aromatic rings. The Labute approximate surface area is 141 Å². The lowest BCUT2D eigenvalue weighted by molar-refractivity contribution is -0.127. The first-order valence-corrected chi connectivity index (χ1v) is 8.21. The largest absolute Gasteiger partial charge is 0.395 e. The molecule has 0 radical (unpaired) electrons. The van der Waals surface area contributed by atoms with Crippen molar-refractivity contribution in [1.82, 2.24) is 15.5 Å². The zero-order chi connectivity index (χ0) is 17.4. The highest BCUT2D eigenvalue weighted by molar-refractivity contribution is 5.79. The maximum Gasteiger partial charge on any atom is 0.234 e. The average Bonchev–Trinajstić information content (AvgIpc) is 2.59. The second-order valence-corrected chi connectivity index (χ2v) is 5.93. The number of aliphatic hydroxyl groups is 1. The summed E-state index contributed by atoms with van der Waals surface area (Å²) in [6.07, 6.45) is 1.38. The van der Waals surface area contributed by atoms with Crippen molar-refractivity contribution in [3.8, 4) is 0 Å². The molecular formula is C17H24FN3O3. The standard InChI is InChI=1S/C17H24FN3O3/c18-15-4-2-1-3-14(15)11-20-16(23)12-21-8-5-13(6-9-21)17(24)19-7-10-22/h1-4,13,22H,5-12H2,(H,19,24)(H,20,23). The van der Waals surface area contributed by atoms with Crippen molar-refractivity contribution in [2.24, 2.45) is 5.92 Å². The summed E-state index contributed by atoms with van der Waals surface area (Å²) in [6.45, 7) is 1.98. The van der Waals surface area contributed by atoms with E-state index in [1.54, 1.807) is 18.2 Å². The Morgan fingerprint density at radius 3 is 2.58 bits per heavy atom. The number of likely N-dealkylation sites (tertiary alicyclic amines) is 1. The fourth-order valence-electron chi connectivity index (χ4n) is 2.77. The summed E-state index contributed by atoms with van der Waals surface area (Å²) in [7, 11) is 0. The smallest absolute Gasteiger partial charge is 0.234 e. The van der Waals surface area contributed by atoms with Crippen LogP contribution in [-0.2, 0) is 16.1 Å². The van der Waals surface area contributed by atoms with Crippen LogP contribution in [0.4, 0.5) is 4.39 Å². The second kappa shape index (κ2) is 9.34. The van der Waals surface area contributed by atoms with Crippen LogP contribution in [0, 0.1) is 11.7 Å². The van der Waals surface area contributed by atoms with Gasteiger partial charge in [-0.1, -0.05) is 18.2 Å². The lowest BCUT2D eigenvalue weighted by Gasteiger charge is -2.30. The number of hydrogen-bond donors (Lipinski definition) is 3. The summed E-state index contributed by atoms with van der Waals surface area (Å²) in [5.74, 6) is -0.573. The van der Waals surface area contributed by atoms with E-state index in [0.717, 1.165) is 0 Å². The van der Waals surface area contributed by atoms with Gasteiger partial charge in [-0.15, -0.1) is 0 Å². The lowest BCUT2D eigenvalue weighted by Crippen LogP contribution is -2.44. The van der Waals surface area contributed by atoms with Crippen LogP contribution in [0.25, 0.3) is 0 Å². The van der Waals surface area contributed by atoms with Gasteiger partial charge in [-0.05, 0) is 32.0 Å². The van der Waals surface area contributed by atoms with Crippen LogP contribution in [-0.4, -0.2) is 54.6 Å². The molecule has 132 valence electrons. The van der Waals surface area contributed by atoms with Crippen LogP contribution >= 0.6 is 0 Å². The third-order valence-electron chi connectivity index (χ3n) is 4.17. The summed E-state index contributed by atoms with van der Waals surface area (Å²) in [5.41, 5.74) is 0.463. The number of rotatable bonds is 7. The van der Waals surface area contributed by atoms with Gasteiger partial charge in [-0.2, -0.15) is 0 Å². The minimum Gasteiger partial charge on any atom is -0.395 e. The Hall–Kier alpha value is -1.99. The highest BCUT2D eigenvalue weighted by Crippen LogP contribution is 2.17. The molecule has 0 saturated carbocycles. The van der Waals surface area contributed by atoms with Gasteiger partial charge in [0.1, 0.15) is 5.82 Å². The predicted octanol–water partition coefficient (Wildman–Crippen LogP) is 0.262. The van der Waals surface area contributed by atoms with Gasteiger partial charge in [0.25, 0.3) is 0 Å². The zero-order valence-corrected chi connectivity index (χ0v) is 13.6. The van der Waals surface area contributed by atoms with E-state index < -0.39 is 0 Å². The SMILES string of the molecule is O=C(CN1CCC(C(=O)NCCO)CC1)NCc1ccccc1F. The normalized spacial score (nSPS) is 15.9. The fourth-order valence-corrected chi connectivity index (χ4v) is 2.77. The molecule has 2 amide bonds. The molecule has 0 unspecified atom stereocenters. The molecule has 1 fully saturated rings. The molecule has 1 aliphatic rings. The average molecular weight is 337 g/mol. The van der Waals surface area contributed by atoms with Crippen molar-refractivity contribution in [2.45, 2.75) is 19.4 Å². The van der Waals surface area contributed by atoms with Gasteiger partial charge in [0.05, 0.1) is 13.2 Å². The molecule has 0 bridgehead atoms. The van der Waals surface area contributed by atoms with Crippen LogP contribution in [0.1, 0.15) is 18.4 Å². The summed E-state index contributed by atoms with van der Waals surface area (Å²) >= 11 is 0. The molecular weight excluding hydrogens is 313 g/mol. The van der Waals surface area contributed by atoms with Gasteiger partial charge in [0.2, 0.25) is 11.8 Å². The van der Waals surface area contributed by atoms with E-state index in [-0.39, 0.29) is 49.8 Å². The van der Waals surface area contributed by atoms with Crippen molar-refractivity contribution in [3.63, 3.8) is 0 Å². The van der Waals surface area contributed by atoms with Gasteiger partial charge in [0, 0.05) is 24.6 Å². The number of piperidine rings is 1. The van der Waals surface area contributed by atoms with Crippen molar-refractivity contribution in [1.29, 1.82) is 0 Å². The van der Waals surface area contributed by atoms with Crippen molar-refractivity contribution in [3.05, 3.63) is 35.6 Å². The van der Waals surface area contributed by atoms with E-state index >= 15 is 0 Å². The molecule has 1 saturated heterocycles. The topological polar surface area (TPSA) is 81.7 Å². The Morgan fingerprint density at radius 1 is 1.21 bits per heavy atom. The number of carbonyl (C=O) groups is 2. The van der Waals surface area contributed by atoms with E-state index in [9.17, 15) is 14.0 Å². The molecule has 7 heteroatoms. The van der Waals surface area contributed by atoms with Crippen LogP contribution in [0.15, 0.2) is 24.3 Å². The van der Waals surface area contributed by atoms with Crippen LogP contribution < -0.4 is 10.6 Å². The molecule has 1 aromatic carbocycles. The lowest BCUT2D eigenvalue weighted by atomic mass is 9.96. The number of aliphatic hydroxyl groups excluding tert-OH is 1. The molecule has 0 spiro atoms. The monoisotopic (exact) mass is 337 g/mol. The molecule has 0 aliphatic carbocycles. The fraction of sp³-hybridized carbons (Fsp3) is 0.529. The number of benzene rings is 1. The minimum absolute atomic E-state index is 0.0345. The molecule has 1 heterocycles. The first-order chi connectivity index (χ1) is 11.6. The number of carbonyl (C=O) groups excluding carboxylic acids is 2. The third kappa shape index (κ3) is 5.58. The van der Waals surface area contributed by atoms with E-state index in [0.29, 0.717) is 31.5 Å². The third-order valence-corrected chi connectivity index (χ3v) is 4.17. The van der Waals surface area contributed by atoms with Crippen molar-refractivity contribution < 1.29 is 19.1 Å². The summed E-state index contributed by atoms with van der Waals surface area (Å²) in [5, 5.41) is 14.1. The van der Waals surface area contributed by atoms with Gasteiger partial charge in [0.15, 0.2) is 0 Å². The molecule has 2 rings (SSSR count). The van der Waals surface area contributed by atoms with Crippen molar-refractivity contribution >= 4 is 11.8 Å². The highest BCUT2D eigenvalue weighted by atomic mass is 19.1. The van der Waals surface area contributed by atoms with E-state index in [1.807, 2.05) is 4.90 Å². The maximum absolute atomic E-state index is 13.5. The van der Waals surface area contributed by atoms with E-state index in [1.165, 1.54) is 6.07 Å². The van der Waals surface area contributed by atoms with Crippen LogP contribution in [0.5, 0.6) is 0 Å². The quantitative estimate of drug-likeness (QED) is 0.667. The summed E-state index contributed by atoms with van der Waals surface area (Å²) in [4.78, 5) is 25.8. The molecule has 6 nitrogen and oxygen atoms in total. The highest BCUT2D eigenvalue weighted by Gasteiger charge is 2.25. The number of hydrogen-bond acceptors (Lipinski definition) is 4. The predicted molar refractivity (Wildman–Crippen MR) is 87.5 cm³/mol. The molecule has 0 aromatic heterocycles. The zero-order valence-electron chi connectivity index (χ0n) is 13.6. The number of nitrogens with zero attached hydrogens (tertiary/aromatic N) is 1. The number of amides is 2. The van der Waals surface area contributed by atoms with Crippen LogP contribution in [0.2, 0.25) is 0 Å². The first-order valence-electron chi connectivity index (χ1n) is 8.21. The molecule has 24 heavy (non-hydrogen) atoms. The first kappa shape index (κ1) is 18.4. The second-order valence-electron chi connectivity index (χ2n) is 5.93. The molecule has 1 aliphatic heterocycles. The summed E-state index contributed by atoms with van der Waals surface area (Å²) < 4.78 is 13.5.